The summed E-state index contributed by atoms with van der Waals surface area (Å²) >= 11 is 7.82. The van der Waals surface area contributed by atoms with Crippen molar-refractivity contribution in [2.75, 3.05) is 17.4 Å². The van der Waals surface area contributed by atoms with Crippen molar-refractivity contribution < 1.29 is 4.79 Å². The molecule has 0 N–H and O–H groups in total. The molecule has 1 amide bonds. The monoisotopic (exact) mass is 409 g/mol. The zero-order valence-electron chi connectivity index (χ0n) is 15.8. The number of anilines is 1. The van der Waals surface area contributed by atoms with Crippen molar-refractivity contribution >= 4 is 35.0 Å². The molecule has 28 heavy (non-hydrogen) atoms. The molecule has 1 saturated heterocycles. The number of fused-ring (bicyclic) bond motifs is 1. The third-order valence-corrected chi connectivity index (χ3v) is 6.86. The Bertz CT molecular complexity index is 1010. The Morgan fingerprint density at radius 1 is 1.18 bits per heavy atom. The molecular weight excluding hydrogens is 390 g/mol. The number of halogens is 1. The maximum absolute atomic E-state index is 13.0. The van der Waals surface area contributed by atoms with Gasteiger partial charge in [0, 0.05) is 23.0 Å². The number of allylic oxidation sites excluding steroid dienone is 1. The number of aryl methyl sites for hydroxylation is 2. The maximum Gasteiger partial charge on any atom is 0.229 e. The van der Waals surface area contributed by atoms with Crippen LogP contribution in [-0.4, -0.2) is 23.4 Å². The highest BCUT2D eigenvalue weighted by Crippen LogP contribution is 2.43. The highest BCUT2D eigenvalue weighted by atomic mass is 35.5. The summed E-state index contributed by atoms with van der Waals surface area (Å²) in [5, 5.41) is 11.4. The second-order valence-corrected chi connectivity index (χ2v) is 8.55. The van der Waals surface area contributed by atoms with Gasteiger partial charge in [-0.2, -0.15) is 5.26 Å². The van der Waals surface area contributed by atoms with Crippen LogP contribution in [0.25, 0.3) is 0 Å². The van der Waals surface area contributed by atoms with Gasteiger partial charge in [-0.1, -0.05) is 59.3 Å². The molecular formula is C22H20ClN3OS. The highest BCUT2D eigenvalue weighted by Gasteiger charge is 2.38. The van der Waals surface area contributed by atoms with Gasteiger partial charge in [0.25, 0.3) is 0 Å². The van der Waals surface area contributed by atoms with Crippen LogP contribution < -0.4 is 4.90 Å². The van der Waals surface area contributed by atoms with Crippen molar-refractivity contribution in [2.24, 2.45) is 0 Å². The van der Waals surface area contributed by atoms with Crippen LogP contribution in [0.2, 0.25) is 5.02 Å². The lowest BCUT2D eigenvalue weighted by molar-refractivity contribution is -0.129. The van der Waals surface area contributed by atoms with Gasteiger partial charge < -0.3 is 4.90 Å². The van der Waals surface area contributed by atoms with Crippen LogP contribution in [0.1, 0.15) is 29.0 Å². The van der Waals surface area contributed by atoms with Gasteiger partial charge in [0.2, 0.25) is 5.91 Å². The Morgan fingerprint density at radius 2 is 1.93 bits per heavy atom. The van der Waals surface area contributed by atoms with E-state index in [1.807, 2.05) is 56.3 Å². The smallest absolute Gasteiger partial charge is 0.229 e. The fraction of sp³-hybridized carbons (Fsp3) is 0.273. The van der Waals surface area contributed by atoms with Gasteiger partial charge in [0.1, 0.15) is 0 Å². The van der Waals surface area contributed by atoms with Gasteiger partial charge in [-0.25, -0.2) is 0 Å². The number of hydrogen-bond acceptors (Lipinski definition) is 4. The lowest BCUT2D eigenvalue weighted by Gasteiger charge is -2.42. The van der Waals surface area contributed by atoms with Crippen molar-refractivity contribution in [3.05, 3.63) is 74.8 Å². The molecule has 0 saturated carbocycles. The summed E-state index contributed by atoms with van der Waals surface area (Å²) < 4.78 is 0. The normalized spacial score (nSPS) is 19.5. The molecule has 2 heterocycles. The van der Waals surface area contributed by atoms with Crippen LogP contribution >= 0.6 is 23.4 Å². The molecule has 2 aromatic carbocycles. The molecule has 0 radical (unpaired) electrons. The number of carbonyl (C=O) groups is 1. The molecule has 142 valence electrons. The number of hydrogen-bond donors (Lipinski definition) is 0. The zero-order chi connectivity index (χ0) is 19.8. The van der Waals surface area contributed by atoms with Crippen molar-refractivity contribution in [3.63, 3.8) is 0 Å². The summed E-state index contributed by atoms with van der Waals surface area (Å²) in [4.78, 5) is 16.8. The first-order valence-electron chi connectivity index (χ1n) is 9.13. The maximum atomic E-state index is 13.0. The van der Waals surface area contributed by atoms with Gasteiger partial charge in [0.15, 0.2) is 0 Å². The fourth-order valence-corrected chi connectivity index (χ4v) is 4.93. The van der Waals surface area contributed by atoms with Crippen LogP contribution in [0.5, 0.6) is 0 Å². The molecule has 0 bridgehead atoms. The highest BCUT2D eigenvalue weighted by molar-refractivity contribution is 8.03. The van der Waals surface area contributed by atoms with Gasteiger partial charge in [-0.05, 0) is 37.1 Å². The predicted molar refractivity (Wildman–Crippen MR) is 114 cm³/mol. The number of thioether (sulfide) groups is 1. The first kappa shape index (κ1) is 18.9. The quantitative estimate of drug-likeness (QED) is 0.685. The van der Waals surface area contributed by atoms with Crippen molar-refractivity contribution in [1.82, 2.24) is 4.90 Å². The van der Waals surface area contributed by atoms with Crippen LogP contribution in [-0.2, 0) is 4.79 Å². The minimum Gasteiger partial charge on any atom is -0.344 e. The van der Waals surface area contributed by atoms with Gasteiger partial charge in [-0.3, -0.25) is 9.69 Å². The van der Waals surface area contributed by atoms with Crippen molar-refractivity contribution in [1.29, 1.82) is 5.26 Å². The van der Waals surface area contributed by atoms with E-state index in [1.54, 1.807) is 16.7 Å². The zero-order valence-corrected chi connectivity index (χ0v) is 17.3. The largest absolute Gasteiger partial charge is 0.344 e. The molecule has 2 aliphatic rings. The van der Waals surface area contributed by atoms with E-state index in [-0.39, 0.29) is 11.8 Å². The standard InChI is InChI=1S/C22H20ClN3OS/c1-14-3-6-16(7-4-14)18-10-21(27)26-12-25(13-28-22(26)19(18)11-24)17-8-5-15(2)20(23)9-17/h3-9,18H,10,12-13H2,1-2H3/t18-/m1/s1. The Hall–Kier alpha value is -2.42. The topological polar surface area (TPSA) is 47.3 Å². The number of nitriles is 1. The van der Waals surface area contributed by atoms with E-state index < -0.39 is 0 Å². The SMILES string of the molecule is Cc1ccc([C@H]2CC(=O)N3CN(c4ccc(C)c(Cl)c4)CSC3=C2C#N)cc1. The van der Waals surface area contributed by atoms with Gasteiger partial charge in [0.05, 0.1) is 29.2 Å². The second-order valence-electron chi connectivity index (χ2n) is 7.21. The lowest BCUT2D eigenvalue weighted by Crippen LogP contribution is -2.47. The molecule has 0 unspecified atom stereocenters. The minimum absolute atomic E-state index is 0.0509. The Morgan fingerprint density at radius 3 is 2.61 bits per heavy atom. The summed E-state index contributed by atoms with van der Waals surface area (Å²) in [6, 6.07) is 16.4. The van der Waals surface area contributed by atoms with E-state index in [0.29, 0.717) is 29.6 Å². The minimum atomic E-state index is -0.169. The van der Waals surface area contributed by atoms with Crippen LogP contribution in [0.3, 0.4) is 0 Å². The van der Waals surface area contributed by atoms with E-state index in [1.165, 1.54) is 0 Å². The molecule has 6 heteroatoms. The summed E-state index contributed by atoms with van der Waals surface area (Å²) in [6.45, 7) is 4.44. The molecule has 4 rings (SSSR count). The number of rotatable bonds is 2. The molecule has 0 aliphatic carbocycles. The summed E-state index contributed by atoms with van der Waals surface area (Å²) in [5.41, 5.74) is 4.88. The molecule has 0 aromatic heterocycles. The van der Waals surface area contributed by atoms with Crippen LogP contribution in [0, 0.1) is 25.2 Å². The van der Waals surface area contributed by atoms with E-state index in [9.17, 15) is 10.1 Å². The second kappa shape index (κ2) is 7.54. The van der Waals surface area contributed by atoms with E-state index in [2.05, 4.69) is 11.0 Å². The average Bonchev–Trinajstić information content (AvgIpc) is 2.70. The lowest BCUT2D eigenvalue weighted by atomic mass is 9.86. The van der Waals surface area contributed by atoms with E-state index in [4.69, 9.17) is 11.6 Å². The van der Waals surface area contributed by atoms with E-state index >= 15 is 0 Å². The molecule has 0 spiro atoms. The van der Waals surface area contributed by atoms with Crippen molar-refractivity contribution in [3.8, 4) is 6.07 Å². The summed E-state index contributed by atoms with van der Waals surface area (Å²) in [5.74, 6) is 0.553. The van der Waals surface area contributed by atoms with Crippen molar-refractivity contribution in [2.45, 2.75) is 26.2 Å². The average molecular weight is 410 g/mol. The van der Waals surface area contributed by atoms with Gasteiger partial charge >= 0.3 is 0 Å². The Labute approximate surface area is 174 Å². The first-order chi connectivity index (χ1) is 13.5. The van der Waals surface area contributed by atoms with Crippen LogP contribution in [0.15, 0.2) is 53.1 Å². The van der Waals surface area contributed by atoms with E-state index in [0.717, 1.165) is 27.4 Å². The number of benzene rings is 2. The molecule has 2 aliphatic heterocycles. The molecule has 4 nitrogen and oxygen atoms in total. The number of nitrogens with zero attached hydrogens (tertiary/aromatic N) is 3. The Kier molecular flexibility index (Phi) is 5.09. The van der Waals surface area contributed by atoms with Gasteiger partial charge in [-0.15, -0.1) is 0 Å². The third-order valence-electron chi connectivity index (χ3n) is 5.29. The summed E-state index contributed by atoms with van der Waals surface area (Å²) in [6.07, 6.45) is 0.318. The molecule has 1 fully saturated rings. The first-order valence-corrected chi connectivity index (χ1v) is 10.5. The van der Waals surface area contributed by atoms with Crippen LogP contribution in [0.4, 0.5) is 5.69 Å². The molecule has 2 aromatic rings. The third kappa shape index (κ3) is 3.39. The number of carbonyl (C=O) groups excluding carboxylic acids is 1. The summed E-state index contributed by atoms with van der Waals surface area (Å²) in [7, 11) is 0. The predicted octanol–water partition coefficient (Wildman–Crippen LogP) is 5.18. The fourth-order valence-electron chi connectivity index (χ4n) is 3.59. The molecule has 1 atom stereocenters. The Balaban J connectivity index is 1.65. The number of amides is 1.